The van der Waals surface area contributed by atoms with E-state index < -0.39 is 5.41 Å². The van der Waals surface area contributed by atoms with Gasteiger partial charge in [-0.05, 0) is 114 Å². The highest BCUT2D eigenvalue weighted by molar-refractivity contribution is 6.04. The monoisotopic (exact) mass is 737 g/mol. The molecule has 272 valence electrons. The van der Waals surface area contributed by atoms with Crippen LogP contribution in [-0.4, -0.2) is 0 Å². The molecule has 1 aliphatic carbocycles. The van der Waals surface area contributed by atoms with Crippen LogP contribution < -0.4 is 4.90 Å². The Morgan fingerprint density at radius 1 is 0.310 bits per heavy atom. The zero-order valence-electron chi connectivity index (χ0n) is 32.0. The smallest absolute Gasteiger partial charge is 0.0714 e. The molecular weight excluding hydrogens is 699 g/mol. The van der Waals surface area contributed by atoms with Crippen molar-refractivity contribution in [1.82, 2.24) is 0 Å². The van der Waals surface area contributed by atoms with Gasteiger partial charge >= 0.3 is 0 Å². The molecule has 0 fully saturated rings. The molecule has 0 heterocycles. The van der Waals surface area contributed by atoms with E-state index >= 15 is 0 Å². The largest absolute Gasteiger partial charge is 0.310 e. The minimum absolute atomic E-state index is 0.477. The molecule has 58 heavy (non-hydrogen) atoms. The van der Waals surface area contributed by atoms with Crippen LogP contribution in [0.5, 0.6) is 0 Å². The number of para-hydroxylation sites is 1. The Balaban J connectivity index is 1.03. The third-order valence-corrected chi connectivity index (χ3v) is 12.1. The van der Waals surface area contributed by atoms with Crippen molar-refractivity contribution in [3.8, 4) is 33.4 Å². The first-order chi connectivity index (χ1) is 28.8. The molecular formula is C57H39N. The summed E-state index contributed by atoms with van der Waals surface area (Å²) in [4.78, 5) is 2.36. The average molecular weight is 738 g/mol. The Hall–Kier alpha value is -7.48. The first kappa shape index (κ1) is 33.8. The van der Waals surface area contributed by atoms with Crippen LogP contribution in [0.1, 0.15) is 22.3 Å². The van der Waals surface area contributed by atoms with Gasteiger partial charge in [0.1, 0.15) is 0 Å². The Bertz CT molecular complexity index is 3050. The lowest BCUT2D eigenvalue weighted by molar-refractivity contribution is 0.769. The fourth-order valence-corrected chi connectivity index (χ4v) is 9.53. The van der Waals surface area contributed by atoms with Crippen molar-refractivity contribution in [2.45, 2.75) is 5.41 Å². The van der Waals surface area contributed by atoms with Gasteiger partial charge < -0.3 is 4.90 Å². The first-order valence-electron chi connectivity index (χ1n) is 20.1. The lowest BCUT2D eigenvalue weighted by atomic mass is 9.67. The summed E-state index contributed by atoms with van der Waals surface area (Å²) in [6, 6.07) is 86.7. The molecule has 0 spiro atoms. The van der Waals surface area contributed by atoms with Crippen LogP contribution in [0, 0.1) is 0 Å². The van der Waals surface area contributed by atoms with Gasteiger partial charge in [-0.25, -0.2) is 0 Å². The van der Waals surface area contributed by atoms with Crippen molar-refractivity contribution in [1.29, 1.82) is 0 Å². The molecule has 0 aromatic heterocycles. The van der Waals surface area contributed by atoms with Crippen LogP contribution in [0.15, 0.2) is 237 Å². The SMILES string of the molecule is c1ccc(N(c2ccc(-c3cccc(-c4ccc5c(c4)C(c4ccccc4)(c4ccccc4)c4ccc6ccccc6c4-5)c3)cc2)c2cccc3ccccc23)cc1. The van der Waals surface area contributed by atoms with Crippen molar-refractivity contribution < 1.29 is 0 Å². The van der Waals surface area contributed by atoms with Crippen molar-refractivity contribution >= 4 is 38.6 Å². The van der Waals surface area contributed by atoms with Crippen LogP contribution in [0.3, 0.4) is 0 Å². The molecule has 1 heteroatoms. The molecule has 11 rings (SSSR count). The number of hydrogen-bond donors (Lipinski definition) is 0. The predicted molar refractivity (Wildman–Crippen MR) is 244 cm³/mol. The van der Waals surface area contributed by atoms with E-state index in [4.69, 9.17) is 0 Å². The number of hydrogen-bond acceptors (Lipinski definition) is 1. The Kier molecular flexibility index (Phi) is 8.12. The van der Waals surface area contributed by atoms with Gasteiger partial charge in [-0.1, -0.05) is 194 Å². The van der Waals surface area contributed by atoms with Crippen LogP contribution in [0.4, 0.5) is 17.1 Å². The quantitative estimate of drug-likeness (QED) is 0.157. The lowest BCUT2D eigenvalue weighted by Gasteiger charge is -2.34. The van der Waals surface area contributed by atoms with Gasteiger partial charge in [-0.15, -0.1) is 0 Å². The number of anilines is 3. The summed E-state index contributed by atoms with van der Waals surface area (Å²) in [6.45, 7) is 0. The van der Waals surface area contributed by atoms with Gasteiger partial charge in [0.25, 0.3) is 0 Å². The standard InChI is InChI=1S/C57H39N/c1-4-21-46(22-5-1)57(47-23-6-2-7-24-47)53-37-33-42-17-11-13-28-51(42)56(53)52-36-32-45(39-54(52)57)44-20-14-19-43(38-44)40-30-34-49(35-31-40)58(48-25-8-3-9-26-48)55-29-15-18-41-16-10-12-27-50(41)55/h1-39H. The van der Waals surface area contributed by atoms with E-state index in [1.807, 2.05) is 0 Å². The Labute approximate surface area is 339 Å². The summed E-state index contributed by atoms with van der Waals surface area (Å²) in [5.41, 5.74) is 15.5. The number of rotatable bonds is 7. The van der Waals surface area contributed by atoms with E-state index in [1.165, 1.54) is 77.2 Å². The van der Waals surface area contributed by atoms with E-state index in [9.17, 15) is 0 Å². The third kappa shape index (κ3) is 5.39. The highest BCUT2D eigenvalue weighted by Gasteiger charge is 2.46. The summed E-state index contributed by atoms with van der Waals surface area (Å²) in [5.74, 6) is 0. The van der Waals surface area contributed by atoms with Gasteiger partial charge in [0, 0.05) is 16.8 Å². The maximum atomic E-state index is 2.47. The number of fused-ring (bicyclic) bond motifs is 6. The highest BCUT2D eigenvalue weighted by atomic mass is 15.1. The summed E-state index contributed by atoms with van der Waals surface area (Å²) in [7, 11) is 0. The fourth-order valence-electron chi connectivity index (χ4n) is 9.53. The lowest BCUT2D eigenvalue weighted by Crippen LogP contribution is -2.28. The minimum atomic E-state index is -0.477. The molecule has 0 radical (unpaired) electrons. The van der Waals surface area contributed by atoms with Crippen LogP contribution in [0.25, 0.3) is 54.9 Å². The average Bonchev–Trinajstić information content (AvgIpc) is 3.61. The minimum Gasteiger partial charge on any atom is -0.310 e. The molecule has 10 aromatic carbocycles. The van der Waals surface area contributed by atoms with Gasteiger partial charge in [-0.2, -0.15) is 0 Å². The second-order valence-corrected chi connectivity index (χ2v) is 15.2. The number of nitrogens with zero attached hydrogens (tertiary/aromatic N) is 1. The molecule has 0 saturated carbocycles. The van der Waals surface area contributed by atoms with Crippen molar-refractivity contribution in [2.75, 3.05) is 4.90 Å². The molecule has 0 amide bonds. The maximum Gasteiger partial charge on any atom is 0.0714 e. The fraction of sp³-hybridized carbons (Fsp3) is 0.0175. The molecule has 0 saturated heterocycles. The summed E-state index contributed by atoms with van der Waals surface area (Å²) in [5, 5.41) is 5.00. The molecule has 10 aromatic rings. The molecule has 0 atom stereocenters. The van der Waals surface area contributed by atoms with E-state index in [1.54, 1.807) is 0 Å². The first-order valence-corrected chi connectivity index (χ1v) is 20.1. The van der Waals surface area contributed by atoms with Crippen molar-refractivity contribution in [3.63, 3.8) is 0 Å². The maximum absolute atomic E-state index is 2.47. The molecule has 0 N–H and O–H groups in total. The third-order valence-electron chi connectivity index (χ3n) is 12.1. The second kappa shape index (κ2) is 13.9. The van der Waals surface area contributed by atoms with Crippen molar-refractivity contribution in [2.24, 2.45) is 0 Å². The Morgan fingerprint density at radius 2 is 0.828 bits per heavy atom. The normalized spacial score (nSPS) is 12.6. The molecule has 1 nitrogen and oxygen atoms in total. The van der Waals surface area contributed by atoms with E-state index in [0.29, 0.717) is 0 Å². The predicted octanol–water partition coefficient (Wildman–Crippen LogP) is 15.2. The zero-order chi connectivity index (χ0) is 38.5. The van der Waals surface area contributed by atoms with Crippen LogP contribution in [0.2, 0.25) is 0 Å². The summed E-state index contributed by atoms with van der Waals surface area (Å²) in [6.07, 6.45) is 0. The topological polar surface area (TPSA) is 3.24 Å². The molecule has 1 aliphatic rings. The molecule has 0 bridgehead atoms. The molecule has 0 unspecified atom stereocenters. The van der Waals surface area contributed by atoms with Gasteiger partial charge in [0.05, 0.1) is 11.1 Å². The highest BCUT2D eigenvalue weighted by Crippen LogP contribution is 2.58. The van der Waals surface area contributed by atoms with Crippen molar-refractivity contribution in [3.05, 3.63) is 259 Å². The number of benzene rings is 10. The van der Waals surface area contributed by atoms with Gasteiger partial charge in [-0.3, -0.25) is 0 Å². The molecule has 0 aliphatic heterocycles. The zero-order valence-corrected chi connectivity index (χ0v) is 32.0. The van der Waals surface area contributed by atoms with Crippen LogP contribution >= 0.6 is 0 Å². The van der Waals surface area contributed by atoms with Crippen LogP contribution in [-0.2, 0) is 5.41 Å². The van der Waals surface area contributed by atoms with Gasteiger partial charge in [0.2, 0.25) is 0 Å². The van der Waals surface area contributed by atoms with E-state index in [-0.39, 0.29) is 0 Å². The summed E-state index contributed by atoms with van der Waals surface area (Å²) >= 11 is 0. The van der Waals surface area contributed by atoms with E-state index in [0.717, 1.165) is 17.1 Å². The Morgan fingerprint density at radius 3 is 1.53 bits per heavy atom. The second-order valence-electron chi connectivity index (χ2n) is 15.2. The summed E-state index contributed by atoms with van der Waals surface area (Å²) < 4.78 is 0. The van der Waals surface area contributed by atoms with E-state index in [2.05, 4.69) is 241 Å². The van der Waals surface area contributed by atoms with Gasteiger partial charge in [0.15, 0.2) is 0 Å².